The number of hydrogen-bond donors (Lipinski definition) is 1. The molecule has 1 atom stereocenters. The van der Waals surface area contributed by atoms with E-state index < -0.39 is 0 Å². The lowest BCUT2D eigenvalue weighted by molar-refractivity contribution is 0.101. The van der Waals surface area contributed by atoms with Gasteiger partial charge in [0, 0.05) is 12.0 Å². The van der Waals surface area contributed by atoms with Gasteiger partial charge >= 0.3 is 0 Å². The van der Waals surface area contributed by atoms with E-state index in [0.29, 0.717) is 22.9 Å². The van der Waals surface area contributed by atoms with Crippen molar-refractivity contribution in [3.63, 3.8) is 0 Å². The van der Waals surface area contributed by atoms with Crippen molar-refractivity contribution < 1.29 is 9.32 Å². The third-order valence-electron chi connectivity index (χ3n) is 3.80. The smallest absolute Gasteiger partial charge is 0.278 e. The molecule has 21 heavy (non-hydrogen) atoms. The average Bonchev–Trinajstić information content (AvgIpc) is 2.90. The molecule has 1 aliphatic carbocycles. The molecule has 3 rings (SSSR count). The Morgan fingerprint density at radius 1 is 1.48 bits per heavy atom. The van der Waals surface area contributed by atoms with Crippen LogP contribution in [0.25, 0.3) is 0 Å². The second-order valence-electron chi connectivity index (χ2n) is 5.39. The summed E-state index contributed by atoms with van der Waals surface area (Å²) >= 11 is 0. The number of aryl methyl sites for hydroxylation is 1. The van der Waals surface area contributed by atoms with Crippen LogP contribution < -0.4 is 5.32 Å². The number of anilines is 1. The van der Waals surface area contributed by atoms with E-state index >= 15 is 0 Å². The Labute approximate surface area is 122 Å². The number of para-hydroxylation sites is 1. The minimum atomic E-state index is -0.322. The Morgan fingerprint density at radius 2 is 2.29 bits per heavy atom. The lowest BCUT2D eigenvalue weighted by Crippen LogP contribution is -2.18. The minimum absolute atomic E-state index is 0.322. The molecular weight excluding hydrogens is 266 g/mol. The first-order valence-electron chi connectivity index (χ1n) is 6.97. The molecule has 1 N–H and O–H groups in total. The van der Waals surface area contributed by atoms with Crippen molar-refractivity contribution in [3.05, 3.63) is 46.8 Å². The summed E-state index contributed by atoms with van der Waals surface area (Å²) in [5.41, 5.74) is 2.16. The summed E-state index contributed by atoms with van der Waals surface area (Å²) in [5.74, 6) is 1.01. The summed E-state index contributed by atoms with van der Waals surface area (Å²) in [6.07, 6.45) is 2.69. The standard InChI is InChI=1S/C16H15N3O2/c1-10-6-7-14-12(8-10)15(19-21-14)16(20)18-13-5-3-2-4-11(13)9-17/h2-5,10H,6-8H2,1H3,(H,18,20)/t10-/m0/s1. The van der Waals surface area contributed by atoms with Gasteiger partial charge in [-0.3, -0.25) is 4.79 Å². The molecule has 0 aliphatic heterocycles. The van der Waals surface area contributed by atoms with Crippen LogP contribution in [-0.4, -0.2) is 11.1 Å². The van der Waals surface area contributed by atoms with Crippen molar-refractivity contribution in [1.82, 2.24) is 5.16 Å². The fraction of sp³-hybridized carbons (Fsp3) is 0.312. The van der Waals surface area contributed by atoms with E-state index in [1.807, 2.05) is 0 Å². The van der Waals surface area contributed by atoms with Crippen LogP contribution in [0.1, 0.15) is 40.7 Å². The maximum Gasteiger partial charge on any atom is 0.278 e. The van der Waals surface area contributed by atoms with E-state index in [2.05, 4.69) is 23.5 Å². The van der Waals surface area contributed by atoms with Crippen molar-refractivity contribution in [2.75, 3.05) is 5.32 Å². The number of amides is 1. The van der Waals surface area contributed by atoms with Gasteiger partial charge in [0.05, 0.1) is 11.3 Å². The molecule has 0 saturated heterocycles. The number of rotatable bonds is 2. The predicted molar refractivity (Wildman–Crippen MR) is 76.8 cm³/mol. The van der Waals surface area contributed by atoms with E-state index in [4.69, 9.17) is 9.78 Å². The molecule has 0 fully saturated rings. The first kappa shape index (κ1) is 13.4. The van der Waals surface area contributed by atoms with Crippen LogP contribution in [-0.2, 0) is 12.8 Å². The molecule has 106 valence electrons. The number of carbonyl (C=O) groups is 1. The summed E-state index contributed by atoms with van der Waals surface area (Å²) in [5, 5.41) is 15.7. The molecule has 0 saturated carbocycles. The zero-order valence-electron chi connectivity index (χ0n) is 11.7. The molecule has 1 aliphatic rings. The zero-order chi connectivity index (χ0) is 14.8. The Balaban J connectivity index is 1.87. The minimum Gasteiger partial charge on any atom is -0.360 e. The number of aromatic nitrogens is 1. The summed E-state index contributed by atoms with van der Waals surface area (Å²) in [7, 11) is 0. The highest BCUT2D eigenvalue weighted by Crippen LogP contribution is 2.28. The average molecular weight is 281 g/mol. The third kappa shape index (κ3) is 2.52. The van der Waals surface area contributed by atoms with E-state index in [-0.39, 0.29) is 5.91 Å². The maximum absolute atomic E-state index is 12.4. The largest absolute Gasteiger partial charge is 0.360 e. The van der Waals surface area contributed by atoms with Crippen molar-refractivity contribution in [1.29, 1.82) is 5.26 Å². The Bertz CT molecular complexity index is 727. The molecule has 1 aromatic heterocycles. The molecule has 0 unspecified atom stereocenters. The van der Waals surface area contributed by atoms with Crippen LogP contribution >= 0.6 is 0 Å². The van der Waals surface area contributed by atoms with Gasteiger partial charge in [0.1, 0.15) is 11.8 Å². The molecule has 1 aromatic carbocycles. The van der Waals surface area contributed by atoms with Gasteiger partial charge in [0.15, 0.2) is 5.69 Å². The van der Waals surface area contributed by atoms with E-state index in [0.717, 1.165) is 30.6 Å². The fourth-order valence-corrected chi connectivity index (χ4v) is 2.63. The van der Waals surface area contributed by atoms with Gasteiger partial charge in [-0.05, 0) is 30.9 Å². The first-order chi connectivity index (χ1) is 10.2. The number of hydrogen-bond acceptors (Lipinski definition) is 4. The fourth-order valence-electron chi connectivity index (χ4n) is 2.63. The molecule has 1 heterocycles. The Kier molecular flexibility index (Phi) is 3.44. The van der Waals surface area contributed by atoms with Crippen LogP contribution in [0.4, 0.5) is 5.69 Å². The summed E-state index contributed by atoms with van der Waals surface area (Å²) in [6.45, 7) is 2.16. The van der Waals surface area contributed by atoms with E-state index in [1.54, 1.807) is 24.3 Å². The lowest BCUT2D eigenvalue weighted by atomic mass is 9.88. The SMILES string of the molecule is C[C@H]1CCc2onc(C(=O)Nc3ccccc3C#N)c2C1. The molecule has 5 nitrogen and oxygen atoms in total. The second-order valence-corrected chi connectivity index (χ2v) is 5.39. The van der Waals surface area contributed by atoms with Gasteiger partial charge < -0.3 is 9.84 Å². The van der Waals surface area contributed by atoms with Crippen molar-refractivity contribution in [3.8, 4) is 6.07 Å². The topological polar surface area (TPSA) is 78.9 Å². The van der Waals surface area contributed by atoms with Crippen LogP contribution in [0.3, 0.4) is 0 Å². The number of nitriles is 1. The van der Waals surface area contributed by atoms with Gasteiger partial charge in [-0.2, -0.15) is 5.26 Å². The maximum atomic E-state index is 12.4. The predicted octanol–water partition coefficient (Wildman–Crippen LogP) is 2.92. The van der Waals surface area contributed by atoms with E-state index in [1.165, 1.54) is 0 Å². The van der Waals surface area contributed by atoms with Gasteiger partial charge in [0.2, 0.25) is 0 Å². The monoisotopic (exact) mass is 281 g/mol. The molecule has 2 aromatic rings. The van der Waals surface area contributed by atoms with Crippen molar-refractivity contribution >= 4 is 11.6 Å². The molecule has 1 amide bonds. The quantitative estimate of drug-likeness (QED) is 0.917. The highest BCUT2D eigenvalue weighted by atomic mass is 16.5. The van der Waals surface area contributed by atoms with Crippen LogP contribution in [0.15, 0.2) is 28.8 Å². The number of fused-ring (bicyclic) bond motifs is 1. The second kappa shape index (κ2) is 5.41. The first-order valence-corrected chi connectivity index (χ1v) is 6.97. The van der Waals surface area contributed by atoms with Crippen molar-refractivity contribution in [2.45, 2.75) is 26.2 Å². The van der Waals surface area contributed by atoms with Crippen molar-refractivity contribution in [2.24, 2.45) is 5.92 Å². The van der Waals surface area contributed by atoms with Crippen LogP contribution in [0, 0.1) is 17.2 Å². The van der Waals surface area contributed by atoms with Gasteiger partial charge in [0.25, 0.3) is 5.91 Å². The Morgan fingerprint density at radius 3 is 3.10 bits per heavy atom. The van der Waals surface area contributed by atoms with E-state index in [9.17, 15) is 4.79 Å². The van der Waals surface area contributed by atoms with Gasteiger partial charge in [-0.1, -0.05) is 24.2 Å². The number of benzene rings is 1. The summed E-state index contributed by atoms with van der Waals surface area (Å²) in [4.78, 5) is 12.4. The van der Waals surface area contributed by atoms with Gasteiger partial charge in [-0.15, -0.1) is 0 Å². The molecule has 5 heteroatoms. The van der Waals surface area contributed by atoms with Gasteiger partial charge in [-0.25, -0.2) is 0 Å². The zero-order valence-corrected chi connectivity index (χ0v) is 11.7. The third-order valence-corrected chi connectivity index (χ3v) is 3.80. The Hall–Kier alpha value is -2.61. The number of carbonyl (C=O) groups excluding carboxylic acids is 1. The number of nitrogens with one attached hydrogen (secondary N) is 1. The summed E-state index contributed by atoms with van der Waals surface area (Å²) < 4.78 is 5.27. The highest BCUT2D eigenvalue weighted by molar-refractivity contribution is 6.04. The molecule has 0 bridgehead atoms. The van der Waals surface area contributed by atoms with Crippen LogP contribution in [0.5, 0.6) is 0 Å². The molecule has 0 radical (unpaired) electrons. The summed E-state index contributed by atoms with van der Waals surface area (Å²) in [6, 6.07) is 8.95. The molecule has 0 spiro atoms. The van der Waals surface area contributed by atoms with Crippen LogP contribution in [0.2, 0.25) is 0 Å². The number of nitrogens with zero attached hydrogens (tertiary/aromatic N) is 2. The normalized spacial score (nSPS) is 16.9. The highest BCUT2D eigenvalue weighted by Gasteiger charge is 2.27. The lowest BCUT2D eigenvalue weighted by Gasteiger charge is -2.16. The molecular formula is C16H15N3O2.